The Morgan fingerprint density at radius 1 is 1.24 bits per heavy atom. The summed E-state index contributed by atoms with van der Waals surface area (Å²) in [4.78, 5) is 18.3. The zero-order chi connectivity index (χ0) is 23.7. The Morgan fingerprint density at radius 2 is 2.03 bits per heavy atom. The average Bonchev–Trinajstić information content (AvgIpc) is 2.91. The predicted octanol–water partition coefficient (Wildman–Crippen LogP) is 5.10. The molecule has 2 aliphatic rings. The molecule has 4 N–H and O–H groups in total. The molecule has 33 heavy (non-hydrogen) atoms. The van der Waals surface area contributed by atoms with Crippen molar-refractivity contribution >= 4 is 40.4 Å². The van der Waals surface area contributed by atoms with Gasteiger partial charge in [-0.3, -0.25) is 9.79 Å². The summed E-state index contributed by atoms with van der Waals surface area (Å²) in [5.74, 6) is 0.239. The number of alkyl halides is 2. The van der Waals surface area contributed by atoms with Crippen molar-refractivity contribution in [2.45, 2.75) is 39.2 Å². The van der Waals surface area contributed by atoms with E-state index in [-0.39, 0.29) is 17.5 Å². The van der Waals surface area contributed by atoms with Crippen LogP contribution in [-0.4, -0.2) is 31.8 Å². The highest BCUT2D eigenvalue weighted by molar-refractivity contribution is 6.10. The number of anilines is 4. The van der Waals surface area contributed by atoms with Gasteiger partial charge in [0.15, 0.2) is 0 Å². The monoisotopic (exact) mass is 453 g/mol. The fraction of sp³-hybridized carbons (Fsp3) is 0.360. The smallest absolute Gasteiger partial charge is 0.264 e. The van der Waals surface area contributed by atoms with Crippen LogP contribution in [0.3, 0.4) is 0 Å². The number of rotatable bonds is 4. The zero-order valence-corrected chi connectivity index (χ0v) is 19.0. The minimum absolute atomic E-state index is 0.0540. The summed E-state index contributed by atoms with van der Waals surface area (Å²) in [7, 11) is 1.58. The second kappa shape index (κ2) is 9.21. The molecule has 2 aliphatic heterocycles. The van der Waals surface area contributed by atoms with E-state index in [2.05, 4.69) is 27.4 Å². The van der Waals surface area contributed by atoms with Gasteiger partial charge in [-0.05, 0) is 54.7 Å². The molecule has 174 valence electrons. The summed E-state index contributed by atoms with van der Waals surface area (Å²) in [5, 5.41) is 6.40. The quantitative estimate of drug-likeness (QED) is 0.563. The first kappa shape index (κ1) is 22.8. The van der Waals surface area contributed by atoms with Crippen LogP contribution < -0.4 is 21.3 Å². The van der Waals surface area contributed by atoms with E-state index in [0.717, 1.165) is 29.0 Å². The second-order valence-corrected chi connectivity index (χ2v) is 8.80. The van der Waals surface area contributed by atoms with Crippen LogP contribution in [0.4, 0.5) is 31.5 Å². The molecule has 0 aliphatic carbocycles. The number of hydrogen-bond acceptors (Lipinski definition) is 5. The van der Waals surface area contributed by atoms with Crippen molar-refractivity contribution in [3.8, 4) is 0 Å². The van der Waals surface area contributed by atoms with Crippen molar-refractivity contribution in [1.82, 2.24) is 0 Å². The number of carbonyl (C=O) groups excluding carboxylic acids is 1. The summed E-state index contributed by atoms with van der Waals surface area (Å²) >= 11 is 0. The molecule has 0 aromatic heterocycles. The van der Waals surface area contributed by atoms with E-state index in [9.17, 15) is 13.6 Å². The number of amides is 1. The van der Waals surface area contributed by atoms with E-state index in [0.29, 0.717) is 35.7 Å². The number of allylic oxidation sites excluding steroid dienone is 1. The van der Waals surface area contributed by atoms with Gasteiger partial charge < -0.3 is 21.3 Å². The first-order chi connectivity index (χ1) is 15.8. The number of nitrogens with one attached hydrogen (secondary N) is 2. The molecule has 2 aromatic carbocycles. The summed E-state index contributed by atoms with van der Waals surface area (Å²) in [6, 6.07) is 9.03. The van der Waals surface area contributed by atoms with Gasteiger partial charge >= 0.3 is 0 Å². The van der Waals surface area contributed by atoms with Gasteiger partial charge in [0, 0.05) is 55.3 Å². The van der Waals surface area contributed by atoms with E-state index < -0.39 is 6.43 Å². The molecule has 6 nitrogen and oxygen atoms in total. The van der Waals surface area contributed by atoms with Gasteiger partial charge in [0.25, 0.3) is 6.43 Å². The van der Waals surface area contributed by atoms with Crippen molar-refractivity contribution in [3.63, 3.8) is 0 Å². The molecule has 2 aromatic rings. The molecule has 0 unspecified atom stereocenters. The number of para-hydroxylation sites is 1. The summed E-state index contributed by atoms with van der Waals surface area (Å²) in [6.45, 7) is 4.77. The Hall–Kier alpha value is -3.42. The Kier molecular flexibility index (Phi) is 6.35. The van der Waals surface area contributed by atoms with Crippen LogP contribution in [0.1, 0.15) is 43.4 Å². The Bertz CT molecular complexity index is 1130. The van der Waals surface area contributed by atoms with Gasteiger partial charge in [-0.25, -0.2) is 8.78 Å². The number of carbonyl (C=O) groups is 1. The lowest BCUT2D eigenvalue weighted by Crippen LogP contribution is -2.31. The van der Waals surface area contributed by atoms with Gasteiger partial charge in [-0.1, -0.05) is 13.0 Å². The number of hydrogen-bond donors (Lipinski definition) is 3. The molecule has 0 fully saturated rings. The lowest BCUT2D eigenvalue weighted by atomic mass is 9.88. The molecule has 0 bridgehead atoms. The molecule has 1 amide bonds. The van der Waals surface area contributed by atoms with Gasteiger partial charge in [0.2, 0.25) is 5.91 Å². The molecule has 0 saturated carbocycles. The molecular formula is C25H29F2N5O. The van der Waals surface area contributed by atoms with Crippen LogP contribution in [0.2, 0.25) is 0 Å². The number of benzene rings is 2. The van der Waals surface area contributed by atoms with Crippen molar-refractivity contribution in [3.05, 3.63) is 53.2 Å². The van der Waals surface area contributed by atoms with E-state index in [1.807, 2.05) is 31.2 Å². The van der Waals surface area contributed by atoms with Crippen LogP contribution in [0.15, 0.2) is 41.5 Å². The number of fused-ring (bicyclic) bond motifs is 2. The van der Waals surface area contributed by atoms with Crippen molar-refractivity contribution < 1.29 is 13.6 Å². The zero-order valence-electron chi connectivity index (χ0n) is 19.0. The molecule has 2 atom stereocenters. The highest BCUT2D eigenvalue weighted by atomic mass is 19.3. The number of nitrogens with two attached hydrogens (primary N) is 1. The maximum atomic E-state index is 14.2. The lowest BCUT2D eigenvalue weighted by molar-refractivity contribution is -0.116. The van der Waals surface area contributed by atoms with E-state index >= 15 is 0 Å². The van der Waals surface area contributed by atoms with E-state index in [1.165, 1.54) is 12.4 Å². The normalized spacial score (nSPS) is 20.8. The molecule has 0 radical (unpaired) electrons. The van der Waals surface area contributed by atoms with Crippen LogP contribution in [0.25, 0.3) is 5.57 Å². The summed E-state index contributed by atoms with van der Waals surface area (Å²) < 4.78 is 28.3. The SMILES string of the molecule is CN=C/C(=C\N)c1cc2c(cc1C(F)F)N(c1cccc3c1N[C@H](C)CC(=O)N3)C[C@@H](C)C2. The third-order valence-electron chi connectivity index (χ3n) is 6.09. The highest BCUT2D eigenvalue weighted by Gasteiger charge is 2.30. The lowest BCUT2D eigenvalue weighted by Gasteiger charge is -2.37. The van der Waals surface area contributed by atoms with Gasteiger partial charge in [0.05, 0.1) is 17.1 Å². The molecule has 0 saturated heterocycles. The number of halogens is 2. The fourth-order valence-electron chi connectivity index (χ4n) is 4.71. The molecule has 2 heterocycles. The molecular weight excluding hydrogens is 424 g/mol. The summed E-state index contributed by atoms with van der Waals surface area (Å²) in [6.07, 6.45) is 1.27. The number of aliphatic imine (C=N–C) groups is 1. The van der Waals surface area contributed by atoms with Gasteiger partial charge in [0.1, 0.15) is 0 Å². The third-order valence-corrected chi connectivity index (χ3v) is 6.09. The first-order valence-electron chi connectivity index (χ1n) is 11.1. The maximum absolute atomic E-state index is 14.2. The van der Waals surface area contributed by atoms with Gasteiger partial charge in [-0.2, -0.15) is 0 Å². The largest absolute Gasteiger partial charge is 0.404 e. The molecule has 4 rings (SSSR count). The van der Waals surface area contributed by atoms with Crippen LogP contribution in [0, 0.1) is 5.92 Å². The second-order valence-electron chi connectivity index (χ2n) is 8.80. The maximum Gasteiger partial charge on any atom is 0.264 e. The van der Waals surface area contributed by atoms with Crippen LogP contribution >= 0.6 is 0 Å². The molecule has 8 heteroatoms. The highest BCUT2D eigenvalue weighted by Crippen LogP contribution is 2.45. The van der Waals surface area contributed by atoms with Crippen LogP contribution in [-0.2, 0) is 11.2 Å². The summed E-state index contributed by atoms with van der Waals surface area (Å²) in [5.41, 5.74) is 10.6. The van der Waals surface area contributed by atoms with E-state index in [1.54, 1.807) is 13.1 Å². The van der Waals surface area contributed by atoms with Gasteiger partial charge in [-0.15, -0.1) is 0 Å². The Balaban J connectivity index is 1.89. The minimum Gasteiger partial charge on any atom is -0.404 e. The standard InChI is InChI=1S/C25H29F2N5O/c1-14-7-16-9-18(17(11-28)12-29-3)19(25(26)27)10-22(16)32(13-14)21-6-4-5-20-24(21)30-15(2)8-23(33)31-20/h4-6,9-12,14-15,25,30H,7-8,13,28H2,1-3H3,(H,31,33)/b17-11+,29-12?/t14-,15+/m0/s1. The number of nitrogens with zero attached hydrogens (tertiary/aromatic N) is 2. The predicted molar refractivity (Wildman–Crippen MR) is 131 cm³/mol. The molecule has 0 spiro atoms. The first-order valence-corrected chi connectivity index (χ1v) is 11.1. The van der Waals surface area contributed by atoms with Crippen LogP contribution in [0.5, 0.6) is 0 Å². The Morgan fingerprint density at radius 3 is 2.73 bits per heavy atom. The topological polar surface area (TPSA) is 82.8 Å². The third kappa shape index (κ3) is 4.42. The Labute approximate surface area is 192 Å². The van der Waals surface area contributed by atoms with Crippen molar-refractivity contribution in [2.24, 2.45) is 16.6 Å². The van der Waals surface area contributed by atoms with Crippen molar-refractivity contribution in [1.29, 1.82) is 0 Å². The van der Waals surface area contributed by atoms with E-state index in [4.69, 9.17) is 5.73 Å². The minimum atomic E-state index is -2.67. The van der Waals surface area contributed by atoms with Crippen molar-refractivity contribution in [2.75, 3.05) is 29.1 Å². The average molecular weight is 454 g/mol. The fourth-order valence-corrected chi connectivity index (χ4v) is 4.71.